The molecule has 0 saturated carbocycles. The molecule has 6 heteroatoms. The van der Waals surface area contributed by atoms with Gasteiger partial charge in [0.15, 0.2) is 0 Å². The minimum absolute atomic E-state index is 0.156. The van der Waals surface area contributed by atoms with Crippen LogP contribution in [0.25, 0.3) is 0 Å². The van der Waals surface area contributed by atoms with Gasteiger partial charge in [-0.3, -0.25) is 9.59 Å². The maximum absolute atomic E-state index is 11.9. The highest BCUT2D eigenvalue weighted by Gasteiger charge is 2.09. The molecule has 0 aliphatic rings. The number of amides is 1. The van der Waals surface area contributed by atoms with Gasteiger partial charge in [0.05, 0.1) is 24.3 Å². The van der Waals surface area contributed by atoms with Crippen LogP contribution in [0.1, 0.15) is 25.9 Å². The first-order valence-electron chi connectivity index (χ1n) is 6.36. The van der Waals surface area contributed by atoms with Gasteiger partial charge in [-0.2, -0.15) is 0 Å². The summed E-state index contributed by atoms with van der Waals surface area (Å²) in [6.07, 6.45) is 6.63. The molecule has 0 bridgehead atoms. The van der Waals surface area contributed by atoms with E-state index >= 15 is 0 Å². The molecule has 21 heavy (non-hydrogen) atoms. The Bertz CT molecular complexity index is 748. The Morgan fingerprint density at radius 3 is 2.86 bits per heavy atom. The lowest BCUT2D eigenvalue weighted by molar-refractivity contribution is 0.0958. The van der Waals surface area contributed by atoms with Gasteiger partial charge in [0.1, 0.15) is 5.01 Å². The minimum atomic E-state index is -0.298. The maximum Gasteiger partial charge on any atom is 0.253 e. The zero-order valence-electron chi connectivity index (χ0n) is 11.8. The van der Waals surface area contributed by atoms with Crippen molar-refractivity contribution in [2.75, 3.05) is 6.54 Å². The Labute approximate surface area is 126 Å². The molecule has 0 unspecified atom stereocenters. The van der Waals surface area contributed by atoms with Crippen LogP contribution in [0, 0.1) is 26.2 Å². The van der Waals surface area contributed by atoms with E-state index in [1.807, 2.05) is 13.8 Å². The number of hydrogen-bond donors (Lipinski definition) is 1. The Morgan fingerprint density at radius 2 is 2.24 bits per heavy atom. The molecule has 0 atom stereocenters. The van der Waals surface area contributed by atoms with E-state index in [2.05, 4.69) is 16.2 Å². The molecule has 1 amide bonds. The quantitative estimate of drug-likeness (QED) is 0.867. The molecule has 1 N–H and O–H groups in total. The monoisotopic (exact) mass is 301 g/mol. The van der Waals surface area contributed by atoms with Crippen LogP contribution in [0.3, 0.4) is 0 Å². The summed E-state index contributed by atoms with van der Waals surface area (Å²) in [7, 11) is 0. The lowest BCUT2D eigenvalue weighted by atomic mass is 10.2. The second kappa shape index (κ2) is 6.37. The van der Waals surface area contributed by atoms with Gasteiger partial charge in [0.25, 0.3) is 11.5 Å². The molecular weight excluding hydrogens is 286 g/mol. The highest BCUT2D eigenvalue weighted by Crippen LogP contribution is 2.17. The molecule has 0 radical (unpaired) electrons. The number of pyridine rings is 1. The van der Waals surface area contributed by atoms with E-state index in [1.54, 1.807) is 11.3 Å². The lowest BCUT2D eigenvalue weighted by Crippen LogP contribution is -2.27. The van der Waals surface area contributed by atoms with Crippen molar-refractivity contribution in [2.24, 2.45) is 0 Å². The average Bonchev–Trinajstić information content (AvgIpc) is 2.77. The third-order valence-electron chi connectivity index (χ3n) is 2.98. The molecular formula is C15H15N3O2S. The van der Waals surface area contributed by atoms with Gasteiger partial charge < -0.3 is 9.88 Å². The van der Waals surface area contributed by atoms with E-state index in [0.717, 1.165) is 15.6 Å². The van der Waals surface area contributed by atoms with Gasteiger partial charge in [-0.05, 0) is 19.9 Å². The number of rotatable bonds is 4. The molecule has 0 aromatic carbocycles. The molecule has 108 valence electrons. The first-order valence-corrected chi connectivity index (χ1v) is 7.18. The van der Waals surface area contributed by atoms with Gasteiger partial charge >= 0.3 is 0 Å². The Morgan fingerprint density at radius 1 is 1.48 bits per heavy atom. The van der Waals surface area contributed by atoms with Gasteiger partial charge in [-0.25, -0.2) is 4.98 Å². The van der Waals surface area contributed by atoms with Crippen molar-refractivity contribution in [1.82, 2.24) is 14.9 Å². The van der Waals surface area contributed by atoms with Gasteiger partial charge in [0.2, 0.25) is 0 Å². The number of carbonyl (C=O) groups excluding carboxylic acids is 1. The van der Waals surface area contributed by atoms with E-state index in [1.165, 1.54) is 22.9 Å². The normalized spacial score (nSPS) is 10.1. The highest BCUT2D eigenvalue weighted by molar-refractivity contribution is 7.11. The van der Waals surface area contributed by atoms with E-state index in [0.29, 0.717) is 12.1 Å². The van der Waals surface area contributed by atoms with Crippen LogP contribution in [0.5, 0.6) is 0 Å². The summed E-state index contributed by atoms with van der Waals surface area (Å²) in [6.45, 7) is 4.43. The van der Waals surface area contributed by atoms with Gasteiger partial charge in [-0.1, -0.05) is 5.92 Å². The highest BCUT2D eigenvalue weighted by atomic mass is 32.1. The predicted octanol–water partition coefficient (Wildman–Crippen LogP) is 1.33. The molecule has 2 aromatic heterocycles. The summed E-state index contributed by atoms with van der Waals surface area (Å²) in [5, 5.41) is 3.41. The topological polar surface area (TPSA) is 64.0 Å². The molecule has 2 rings (SSSR count). The average molecular weight is 301 g/mol. The van der Waals surface area contributed by atoms with Crippen molar-refractivity contribution in [3.63, 3.8) is 0 Å². The number of carbonyl (C=O) groups is 1. The molecule has 2 aromatic rings. The maximum atomic E-state index is 11.9. The van der Waals surface area contributed by atoms with E-state index in [4.69, 9.17) is 6.42 Å². The lowest BCUT2D eigenvalue weighted by Gasteiger charge is -2.06. The number of nitrogens with zero attached hydrogens (tertiary/aromatic N) is 2. The van der Waals surface area contributed by atoms with Crippen LogP contribution in [0.4, 0.5) is 0 Å². The van der Waals surface area contributed by atoms with Crippen LogP contribution >= 0.6 is 11.3 Å². The number of nitrogens with one attached hydrogen (secondary N) is 1. The third-order valence-corrected chi connectivity index (χ3v) is 4.03. The fraction of sp³-hybridized carbons (Fsp3) is 0.267. The Hall–Kier alpha value is -2.39. The fourth-order valence-corrected chi connectivity index (χ4v) is 2.71. The van der Waals surface area contributed by atoms with E-state index in [9.17, 15) is 9.59 Å². The van der Waals surface area contributed by atoms with Crippen LogP contribution in [-0.4, -0.2) is 22.0 Å². The van der Waals surface area contributed by atoms with Gasteiger partial charge in [0, 0.05) is 17.1 Å². The van der Waals surface area contributed by atoms with Crippen LogP contribution < -0.4 is 10.9 Å². The van der Waals surface area contributed by atoms with E-state index in [-0.39, 0.29) is 18.0 Å². The Balaban J connectivity index is 2.25. The summed E-state index contributed by atoms with van der Waals surface area (Å²) in [5.41, 5.74) is 1.19. The zero-order valence-corrected chi connectivity index (χ0v) is 12.7. The predicted molar refractivity (Wildman–Crippen MR) is 82.6 cm³/mol. The van der Waals surface area contributed by atoms with Gasteiger partial charge in [-0.15, -0.1) is 17.8 Å². The number of aryl methyl sites for hydroxylation is 2. The number of thiazole rings is 1. The van der Waals surface area contributed by atoms with E-state index < -0.39 is 0 Å². The molecule has 2 heterocycles. The first kappa shape index (κ1) is 15.0. The number of hydrogen-bond acceptors (Lipinski definition) is 4. The fourth-order valence-electron chi connectivity index (χ4n) is 1.78. The summed E-state index contributed by atoms with van der Waals surface area (Å²) < 4.78 is 1.47. The van der Waals surface area contributed by atoms with Crippen molar-refractivity contribution in [1.29, 1.82) is 0 Å². The Kier molecular flexibility index (Phi) is 4.55. The largest absolute Gasteiger partial charge is 0.341 e. The van der Waals surface area contributed by atoms with Crippen LogP contribution in [0.2, 0.25) is 0 Å². The van der Waals surface area contributed by atoms with Crippen molar-refractivity contribution < 1.29 is 4.79 Å². The summed E-state index contributed by atoms with van der Waals surface area (Å²) in [4.78, 5) is 29.3. The second-order valence-corrected chi connectivity index (χ2v) is 5.81. The molecule has 0 fully saturated rings. The molecule has 5 nitrogen and oxygen atoms in total. The first-order chi connectivity index (χ1) is 10.0. The van der Waals surface area contributed by atoms with Crippen molar-refractivity contribution in [2.45, 2.75) is 20.4 Å². The SMILES string of the molecule is C#CCNC(=O)c1ccc(=O)n(Cc2nc(C)c(C)s2)c1. The standard InChI is InChI=1S/C15H15N3O2S/c1-4-7-16-15(20)12-5-6-14(19)18(8-12)9-13-17-10(2)11(3)21-13/h1,5-6,8H,7,9H2,2-3H3,(H,16,20). The third kappa shape index (κ3) is 3.58. The summed E-state index contributed by atoms with van der Waals surface area (Å²) in [6, 6.07) is 2.86. The van der Waals surface area contributed by atoms with Crippen molar-refractivity contribution in [3.8, 4) is 12.3 Å². The zero-order chi connectivity index (χ0) is 15.4. The van der Waals surface area contributed by atoms with Crippen molar-refractivity contribution in [3.05, 3.63) is 49.8 Å². The second-order valence-electron chi connectivity index (χ2n) is 4.52. The minimum Gasteiger partial charge on any atom is -0.341 e. The summed E-state index contributed by atoms with van der Waals surface area (Å²) >= 11 is 1.55. The molecule has 0 saturated heterocycles. The molecule has 0 aliphatic heterocycles. The molecule has 0 spiro atoms. The smallest absolute Gasteiger partial charge is 0.253 e. The molecule has 0 aliphatic carbocycles. The van der Waals surface area contributed by atoms with Crippen molar-refractivity contribution >= 4 is 17.2 Å². The van der Waals surface area contributed by atoms with Crippen LogP contribution in [-0.2, 0) is 6.54 Å². The van der Waals surface area contributed by atoms with Crippen LogP contribution in [0.15, 0.2) is 23.1 Å². The number of aromatic nitrogens is 2. The summed E-state index contributed by atoms with van der Waals surface area (Å²) in [5.74, 6) is 2.04. The number of terminal acetylenes is 1.